The first-order valence-corrected chi connectivity index (χ1v) is 23.3. The van der Waals surface area contributed by atoms with Gasteiger partial charge >= 0.3 is 0 Å². The van der Waals surface area contributed by atoms with E-state index in [0.717, 1.165) is 57.8 Å². The van der Waals surface area contributed by atoms with Gasteiger partial charge in [0, 0.05) is 6.42 Å². The first-order valence-electron chi connectivity index (χ1n) is 23.3. The Morgan fingerprint density at radius 2 is 0.830 bits per heavy atom. The van der Waals surface area contributed by atoms with Gasteiger partial charge in [-0.25, -0.2) is 0 Å². The van der Waals surface area contributed by atoms with E-state index in [1.165, 1.54) is 154 Å². The summed E-state index contributed by atoms with van der Waals surface area (Å²) in [5.74, 6) is -0.0710. The van der Waals surface area contributed by atoms with Gasteiger partial charge in [-0.05, 0) is 51.4 Å². The van der Waals surface area contributed by atoms with Crippen LogP contribution in [0.15, 0.2) is 48.6 Å². The Labute approximate surface area is 331 Å². The van der Waals surface area contributed by atoms with Crippen molar-refractivity contribution in [1.29, 1.82) is 0 Å². The summed E-state index contributed by atoms with van der Waals surface area (Å²) in [5.41, 5.74) is 0. The van der Waals surface area contributed by atoms with Gasteiger partial charge in [0.2, 0.25) is 5.91 Å². The number of carbonyl (C=O) groups excluding carboxylic acids is 1. The van der Waals surface area contributed by atoms with Gasteiger partial charge in [0.25, 0.3) is 0 Å². The molecule has 0 fully saturated rings. The van der Waals surface area contributed by atoms with Crippen molar-refractivity contribution >= 4 is 5.91 Å². The molecule has 4 heteroatoms. The quantitative estimate of drug-likeness (QED) is 0.0431. The van der Waals surface area contributed by atoms with Crippen LogP contribution in [-0.4, -0.2) is 34.9 Å². The molecule has 0 aliphatic carbocycles. The summed E-state index contributed by atoms with van der Waals surface area (Å²) < 4.78 is 0. The minimum absolute atomic E-state index is 0.0710. The van der Waals surface area contributed by atoms with Crippen molar-refractivity contribution < 1.29 is 15.0 Å². The van der Waals surface area contributed by atoms with Crippen molar-refractivity contribution in [3.63, 3.8) is 0 Å². The van der Waals surface area contributed by atoms with Gasteiger partial charge in [-0.2, -0.15) is 0 Å². The second kappa shape index (κ2) is 44.7. The molecule has 0 aliphatic rings. The molecule has 53 heavy (non-hydrogen) atoms. The van der Waals surface area contributed by atoms with Crippen LogP contribution in [0, 0.1) is 0 Å². The zero-order valence-corrected chi connectivity index (χ0v) is 35.5. The number of hydrogen-bond acceptors (Lipinski definition) is 3. The topological polar surface area (TPSA) is 69.6 Å². The van der Waals surface area contributed by atoms with Gasteiger partial charge in [-0.15, -0.1) is 0 Å². The zero-order chi connectivity index (χ0) is 38.6. The Morgan fingerprint density at radius 1 is 0.472 bits per heavy atom. The van der Waals surface area contributed by atoms with Crippen molar-refractivity contribution in [3.8, 4) is 0 Å². The normalized spacial score (nSPS) is 13.4. The van der Waals surface area contributed by atoms with E-state index in [1.54, 1.807) is 0 Å². The van der Waals surface area contributed by atoms with E-state index in [-0.39, 0.29) is 12.5 Å². The maximum absolute atomic E-state index is 12.4. The molecule has 0 aromatic heterocycles. The van der Waals surface area contributed by atoms with Crippen molar-refractivity contribution in [1.82, 2.24) is 5.32 Å². The van der Waals surface area contributed by atoms with E-state index in [0.29, 0.717) is 12.8 Å². The molecule has 0 spiro atoms. The molecule has 0 aliphatic heterocycles. The number of nitrogens with one attached hydrogen (secondary N) is 1. The lowest BCUT2D eigenvalue weighted by Crippen LogP contribution is -2.45. The van der Waals surface area contributed by atoms with E-state index >= 15 is 0 Å². The van der Waals surface area contributed by atoms with E-state index in [4.69, 9.17) is 0 Å². The summed E-state index contributed by atoms with van der Waals surface area (Å²) in [6.07, 6.45) is 60.7. The highest BCUT2D eigenvalue weighted by Crippen LogP contribution is 2.17. The second-order valence-electron chi connectivity index (χ2n) is 15.8. The molecular weight excluding hydrogens is 651 g/mol. The number of carbonyl (C=O) groups is 1. The third-order valence-corrected chi connectivity index (χ3v) is 10.6. The predicted molar refractivity (Wildman–Crippen MR) is 235 cm³/mol. The fourth-order valence-electron chi connectivity index (χ4n) is 7.06. The molecule has 1 amide bonds. The lowest BCUT2D eigenvalue weighted by Gasteiger charge is -2.22. The van der Waals surface area contributed by atoms with Crippen LogP contribution < -0.4 is 5.32 Å². The SMILES string of the molecule is CC/C=C\C/C=C\C/C=C\C/C=C\CCCCC(=O)NC(CO)C(O)CCCCCCCCCCCCCCCCCCCCCCCCCCCC. The molecule has 0 aromatic carbocycles. The Morgan fingerprint density at radius 3 is 1.21 bits per heavy atom. The number of hydrogen-bond donors (Lipinski definition) is 3. The summed E-state index contributed by atoms with van der Waals surface area (Å²) in [6.45, 7) is 4.23. The fourth-order valence-corrected chi connectivity index (χ4v) is 7.06. The van der Waals surface area contributed by atoms with Crippen molar-refractivity contribution in [3.05, 3.63) is 48.6 Å². The summed E-state index contributed by atoms with van der Waals surface area (Å²) in [6, 6.07) is -0.559. The van der Waals surface area contributed by atoms with Crippen molar-refractivity contribution in [2.75, 3.05) is 6.61 Å². The van der Waals surface area contributed by atoms with Crippen LogP contribution in [-0.2, 0) is 4.79 Å². The van der Waals surface area contributed by atoms with Crippen LogP contribution in [0.2, 0.25) is 0 Å². The molecule has 2 atom stereocenters. The number of allylic oxidation sites excluding steroid dienone is 8. The third-order valence-electron chi connectivity index (χ3n) is 10.6. The number of aliphatic hydroxyl groups is 2. The van der Waals surface area contributed by atoms with Gasteiger partial charge < -0.3 is 15.5 Å². The average molecular weight is 742 g/mol. The molecule has 2 unspecified atom stereocenters. The molecule has 310 valence electrons. The lowest BCUT2D eigenvalue weighted by atomic mass is 10.0. The number of unbranched alkanes of at least 4 members (excludes halogenated alkanes) is 27. The number of amides is 1. The van der Waals surface area contributed by atoms with Gasteiger partial charge in [-0.1, -0.05) is 229 Å². The van der Waals surface area contributed by atoms with Gasteiger partial charge in [0.15, 0.2) is 0 Å². The highest BCUT2D eigenvalue weighted by Gasteiger charge is 2.19. The monoisotopic (exact) mass is 742 g/mol. The van der Waals surface area contributed by atoms with Crippen LogP contribution in [0.3, 0.4) is 0 Å². The van der Waals surface area contributed by atoms with Crippen molar-refractivity contribution in [2.45, 2.75) is 251 Å². The summed E-state index contributed by atoms with van der Waals surface area (Å²) in [5, 5.41) is 23.2. The molecular formula is C49H91NO3. The highest BCUT2D eigenvalue weighted by molar-refractivity contribution is 5.76. The van der Waals surface area contributed by atoms with Crippen LogP contribution in [0.1, 0.15) is 239 Å². The zero-order valence-electron chi connectivity index (χ0n) is 35.5. The predicted octanol–water partition coefficient (Wildman–Crippen LogP) is 14.7. The fraction of sp³-hybridized carbons (Fsp3) is 0.816. The third kappa shape index (κ3) is 41.4. The largest absolute Gasteiger partial charge is 0.394 e. The first-order chi connectivity index (χ1) is 26.2. The van der Waals surface area contributed by atoms with E-state index in [2.05, 4.69) is 67.8 Å². The molecule has 0 radical (unpaired) electrons. The van der Waals surface area contributed by atoms with Gasteiger partial charge in [0.05, 0.1) is 18.8 Å². The molecule has 3 N–H and O–H groups in total. The maximum Gasteiger partial charge on any atom is 0.220 e. The first kappa shape index (κ1) is 51.4. The molecule has 4 nitrogen and oxygen atoms in total. The van der Waals surface area contributed by atoms with Crippen LogP contribution in [0.5, 0.6) is 0 Å². The lowest BCUT2D eigenvalue weighted by molar-refractivity contribution is -0.123. The van der Waals surface area contributed by atoms with Crippen LogP contribution in [0.25, 0.3) is 0 Å². The molecule has 0 saturated carbocycles. The molecule has 0 heterocycles. The molecule has 0 bridgehead atoms. The Hall–Kier alpha value is -1.65. The molecule has 0 rings (SSSR count). The van der Waals surface area contributed by atoms with Gasteiger partial charge in [-0.3, -0.25) is 4.79 Å². The summed E-state index contributed by atoms with van der Waals surface area (Å²) in [7, 11) is 0. The summed E-state index contributed by atoms with van der Waals surface area (Å²) in [4.78, 5) is 12.4. The standard InChI is InChI=1S/C49H91NO3/c1-3-5-7-9-11-13-15-17-19-20-21-22-23-24-25-26-27-28-29-31-32-34-36-38-40-42-44-48(52)47(46-51)50-49(53)45-43-41-39-37-35-33-30-18-16-14-12-10-8-6-4-2/h6,8,12,14,18,30,35,37,47-48,51-52H,3-5,7,9-11,13,15-17,19-29,31-34,36,38-46H2,1-2H3,(H,50,53)/b8-6-,14-12-,30-18-,37-35-. The molecule has 0 saturated heterocycles. The van der Waals surface area contributed by atoms with Crippen LogP contribution in [0.4, 0.5) is 0 Å². The number of aliphatic hydroxyl groups excluding tert-OH is 2. The maximum atomic E-state index is 12.4. The Bertz CT molecular complexity index is 847. The smallest absolute Gasteiger partial charge is 0.220 e. The minimum atomic E-state index is -0.678. The van der Waals surface area contributed by atoms with Crippen molar-refractivity contribution in [2.24, 2.45) is 0 Å². The van der Waals surface area contributed by atoms with E-state index in [9.17, 15) is 15.0 Å². The van der Waals surface area contributed by atoms with E-state index < -0.39 is 12.1 Å². The van der Waals surface area contributed by atoms with Gasteiger partial charge in [0.1, 0.15) is 0 Å². The molecule has 0 aromatic rings. The average Bonchev–Trinajstić information content (AvgIpc) is 3.16. The second-order valence-corrected chi connectivity index (χ2v) is 15.8. The number of rotatable bonds is 42. The van der Waals surface area contributed by atoms with E-state index in [1.807, 2.05) is 0 Å². The summed E-state index contributed by atoms with van der Waals surface area (Å²) >= 11 is 0. The minimum Gasteiger partial charge on any atom is -0.394 e. The Kier molecular flexibility index (Phi) is 43.4. The van der Waals surface area contributed by atoms with Crippen LogP contribution >= 0.6 is 0 Å². The Balaban J connectivity index is 3.50. The highest BCUT2D eigenvalue weighted by atomic mass is 16.3.